The van der Waals surface area contributed by atoms with Crippen molar-refractivity contribution in [3.63, 3.8) is 0 Å². The van der Waals surface area contributed by atoms with E-state index in [-0.39, 0.29) is 0 Å². The number of hydrogen-bond acceptors (Lipinski definition) is 0. The molecular formula is C31H14. The first-order chi connectivity index (χ1) is 15.1. The lowest BCUT2D eigenvalue weighted by molar-refractivity contribution is 1.62. The molecule has 0 aliphatic heterocycles. The summed E-state index contributed by atoms with van der Waals surface area (Å²) in [6.45, 7) is 1.78. The van der Waals surface area contributed by atoms with Crippen LogP contribution in [0.15, 0.2) is 36.4 Å². The molecule has 4 aromatic carbocycles. The van der Waals surface area contributed by atoms with Gasteiger partial charge in [-0.05, 0) is 75.6 Å². The van der Waals surface area contributed by atoms with Gasteiger partial charge in [0.05, 0.1) is 0 Å². The van der Waals surface area contributed by atoms with Gasteiger partial charge in [-0.1, -0.05) is 35.5 Å². The van der Waals surface area contributed by atoms with Crippen molar-refractivity contribution in [2.24, 2.45) is 0 Å². The van der Waals surface area contributed by atoms with Crippen LogP contribution in [0.3, 0.4) is 0 Å². The van der Waals surface area contributed by atoms with E-state index < -0.39 is 0 Å². The standard InChI is InChI=1S/C31H14/c1-7-13-25-19-31-29-17-23(11-5)21(9-3)15-27(29)26-14-20(8-2)22(10-4)16-28(26)30(31)18-24(25)12-6/h2-6,14-19H,1H3. The summed E-state index contributed by atoms with van der Waals surface area (Å²) in [5.74, 6) is 19.5. The van der Waals surface area contributed by atoms with E-state index in [1.165, 1.54) is 0 Å². The highest BCUT2D eigenvalue weighted by Crippen LogP contribution is 2.38. The summed E-state index contributed by atoms with van der Waals surface area (Å²) >= 11 is 0. The van der Waals surface area contributed by atoms with Crippen molar-refractivity contribution in [1.29, 1.82) is 0 Å². The summed E-state index contributed by atoms with van der Waals surface area (Å²) in [6, 6.07) is 11.7. The lowest BCUT2D eigenvalue weighted by atomic mass is 9.87. The fraction of sp³-hybridized carbons (Fsp3) is 0.0323. The summed E-state index contributed by atoms with van der Waals surface area (Å²) in [4.78, 5) is 0. The van der Waals surface area contributed by atoms with Gasteiger partial charge < -0.3 is 0 Å². The maximum absolute atomic E-state index is 5.79. The fourth-order valence-electron chi connectivity index (χ4n) is 3.97. The first kappa shape index (κ1) is 19.3. The van der Waals surface area contributed by atoms with Gasteiger partial charge in [-0.3, -0.25) is 0 Å². The van der Waals surface area contributed by atoms with E-state index in [4.69, 9.17) is 32.1 Å². The number of terminal acetylenes is 5. The molecule has 0 aromatic heterocycles. The van der Waals surface area contributed by atoms with Crippen LogP contribution in [0.25, 0.3) is 32.3 Å². The molecule has 0 nitrogen and oxygen atoms in total. The molecule has 0 heterocycles. The van der Waals surface area contributed by atoms with E-state index in [0.29, 0.717) is 27.8 Å². The van der Waals surface area contributed by atoms with Crippen molar-refractivity contribution >= 4 is 32.3 Å². The van der Waals surface area contributed by atoms with Gasteiger partial charge in [0.25, 0.3) is 0 Å². The minimum atomic E-state index is 0.643. The fourth-order valence-corrected chi connectivity index (χ4v) is 3.97. The summed E-state index contributed by atoms with van der Waals surface area (Å²) in [5, 5.41) is 5.70. The number of hydrogen-bond donors (Lipinski definition) is 0. The molecule has 0 unspecified atom stereocenters. The van der Waals surface area contributed by atoms with Crippen molar-refractivity contribution in [3.05, 3.63) is 69.8 Å². The summed E-state index contributed by atoms with van der Waals surface area (Å²) < 4.78 is 0. The Hall–Kier alpha value is -4.98. The highest BCUT2D eigenvalue weighted by atomic mass is 14.2. The van der Waals surface area contributed by atoms with Crippen molar-refractivity contribution < 1.29 is 0 Å². The molecule has 0 atom stereocenters. The van der Waals surface area contributed by atoms with Gasteiger partial charge >= 0.3 is 0 Å². The Bertz CT molecular complexity index is 1680. The van der Waals surface area contributed by atoms with Crippen LogP contribution < -0.4 is 0 Å². The first-order valence-corrected chi connectivity index (χ1v) is 9.41. The van der Waals surface area contributed by atoms with Crippen LogP contribution in [-0.2, 0) is 0 Å². The van der Waals surface area contributed by atoms with E-state index in [0.717, 1.165) is 37.9 Å². The lowest BCUT2D eigenvalue weighted by Crippen LogP contribution is -1.93. The zero-order valence-electron chi connectivity index (χ0n) is 16.9. The average molecular weight is 386 g/mol. The summed E-state index contributed by atoms with van der Waals surface area (Å²) in [5.41, 5.74) is 4.07. The Kier molecular flexibility index (Phi) is 4.65. The van der Waals surface area contributed by atoms with Gasteiger partial charge in [-0.2, -0.15) is 0 Å². The number of fused-ring (bicyclic) bond motifs is 6. The quantitative estimate of drug-likeness (QED) is 0.279. The molecule has 31 heavy (non-hydrogen) atoms. The van der Waals surface area contributed by atoms with Gasteiger partial charge in [0.1, 0.15) is 0 Å². The molecule has 138 valence electrons. The molecule has 4 aromatic rings. The van der Waals surface area contributed by atoms with Gasteiger partial charge in [-0.25, -0.2) is 0 Å². The van der Waals surface area contributed by atoms with Crippen molar-refractivity contribution in [3.8, 4) is 73.6 Å². The molecule has 0 aliphatic carbocycles. The molecule has 0 heteroatoms. The van der Waals surface area contributed by atoms with Gasteiger partial charge in [-0.15, -0.1) is 38.0 Å². The van der Waals surface area contributed by atoms with Crippen LogP contribution in [-0.4, -0.2) is 0 Å². The second kappa shape index (κ2) is 7.45. The monoisotopic (exact) mass is 386 g/mol. The maximum Gasteiger partial charge on any atom is 0.0408 e. The zero-order chi connectivity index (χ0) is 22.1. The largest absolute Gasteiger partial charge is 0.115 e. The van der Waals surface area contributed by atoms with E-state index >= 15 is 0 Å². The third-order valence-electron chi connectivity index (χ3n) is 5.38. The third kappa shape index (κ3) is 2.87. The van der Waals surface area contributed by atoms with Gasteiger partial charge in [0, 0.05) is 33.4 Å². The van der Waals surface area contributed by atoms with E-state index in [2.05, 4.69) is 41.4 Å². The Morgan fingerprint density at radius 3 is 0.871 bits per heavy atom. The van der Waals surface area contributed by atoms with Crippen LogP contribution in [0.4, 0.5) is 0 Å². The van der Waals surface area contributed by atoms with E-state index in [1.54, 1.807) is 6.92 Å². The van der Waals surface area contributed by atoms with Gasteiger partial charge in [0.15, 0.2) is 0 Å². The SMILES string of the molecule is C#Cc1cc2c3cc(C#C)c(C#C)cc3c3cc(C#CC)c(C#C)cc3c2cc1C#C. The molecule has 0 saturated heterocycles. The Morgan fingerprint density at radius 2 is 0.645 bits per heavy atom. The average Bonchev–Trinajstić information content (AvgIpc) is 2.82. The molecule has 0 spiro atoms. The minimum absolute atomic E-state index is 0.643. The molecule has 0 aliphatic rings. The second-order valence-electron chi connectivity index (χ2n) is 6.93. The third-order valence-corrected chi connectivity index (χ3v) is 5.38. The minimum Gasteiger partial charge on any atom is -0.115 e. The van der Waals surface area contributed by atoms with E-state index in [9.17, 15) is 0 Å². The van der Waals surface area contributed by atoms with Crippen LogP contribution in [0.5, 0.6) is 0 Å². The van der Waals surface area contributed by atoms with Gasteiger partial charge in [0.2, 0.25) is 0 Å². The Morgan fingerprint density at radius 1 is 0.419 bits per heavy atom. The summed E-state index contributed by atoms with van der Waals surface area (Å²) in [6.07, 6.45) is 28.7. The highest BCUT2D eigenvalue weighted by molar-refractivity contribution is 6.26. The van der Waals surface area contributed by atoms with Crippen molar-refractivity contribution in [2.75, 3.05) is 0 Å². The first-order valence-electron chi connectivity index (χ1n) is 9.41. The Labute approximate surface area is 182 Å². The van der Waals surface area contributed by atoms with Crippen LogP contribution in [0, 0.1) is 73.6 Å². The molecule has 0 amide bonds. The predicted octanol–water partition coefficient (Wildman–Crippen LogP) is 5.42. The van der Waals surface area contributed by atoms with Crippen LogP contribution in [0.1, 0.15) is 40.3 Å². The molecule has 0 saturated carbocycles. The molecule has 0 bridgehead atoms. The summed E-state index contributed by atoms with van der Waals surface area (Å²) in [7, 11) is 0. The number of rotatable bonds is 0. The normalized spacial score (nSPS) is 9.68. The Balaban J connectivity index is 2.41. The number of benzene rings is 4. The van der Waals surface area contributed by atoms with Crippen LogP contribution >= 0.6 is 0 Å². The highest BCUT2D eigenvalue weighted by Gasteiger charge is 2.15. The molecular weight excluding hydrogens is 372 g/mol. The topological polar surface area (TPSA) is 0 Å². The van der Waals surface area contributed by atoms with Crippen molar-refractivity contribution in [2.45, 2.75) is 6.92 Å². The van der Waals surface area contributed by atoms with Crippen molar-refractivity contribution in [1.82, 2.24) is 0 Å². The molecule has 4 rings (SSSR count). The second-order valence-corrected chi connectivity index (χ2v) is 6.93. The molecule has 0 radical (unpaired) electrons. The van der Waals surface area contributed by atoms with Crippen LogP contribution in [0.2, 0.25) is 0 Å². The molecule has 0 N–H and O–H groups in total. The maximum atomic E-state index is 5.79. The molecule has 0 fully saturated rings. The zero-order valence-corrected chi connectivity index (χ0v) is 16.9. The predicted molar refractivity (Wildman–Crippen MR) is 131 cm³/mol. The smallest absolute Gasteiger partial charge is 0.0408 e. The van der Waals surface area contributed by atoms with E-state index in [1.807, 2.05) is 36.4 Å². The lowest BCUT2D eigenvalue weighted by Gasteiger charge is -2.14.